The Labute approximate surface area is 127 Å². The van der Waals surface area contributed by atoms with E-state index in [9.17, 15) is 5.11 Å². The Balaban J connectivity index is 2.46. The summed E-state index contributed by atoms with van der Waals surface area (Å²) in [4.78, 5) is 2.41. The number of allylic oxidation sites excluding steroid dienone is 2. The van der Waals surface area contributed by atoms with E-state index in [1.807, 2.05) is 11.9 Å². The Kier molecular flexibility index (Phi) is 3.90. The van der Waals surface area contributed by atoms with Gasteiger partial charge in [0.2, 0.25) is 0 Å². The predicted molar refractivity (Wildman–Crippen MR) is 84.2 cm³/mol. The zero-order chi connectivity index (χ0) is 13.6. The Morgan fingerprint density at radius 2 is 2.00 bits per heavy atom. The van der Waals surface area contributed by atoms with Crippen molar-refractivity contribution in [2.45, 2.75) is 56.9 Å². The minimum Gasteiger partial charge on any atom is -0.389 e. The van der Waals surface area contributed by atoms with Crippen LogP contribution in [0.4, 0.5) is 0 Å². The molecule has 0 amide bonds. The monoisotopic (exact) mass is 376 g/mol. The number of rotatable bonds is 0. The van der Waals surface area contributed by atoms with Gasteiger partial charge in [-0.1, -0.05) is 57.9 Å². The second-order valence-electron chi connectivity index (χ2n) is 6.65. The summed E-state index contributed by atoms with van der Waals surface area (Å²) in [7, 11) is 0. The van der Waals surface area contributed by atoms with Gasteiger partial charge in [0.1, 0.15) is 0 Å². The molecule has 1 spiro atoms. The summed E-state index contributed by atoms with van der Waals surface area (Å²) in [6.45, 7) is 6.60. The Morgan fingerprint density at radius 3 is 2.44 bits per heavy atom. The first-order chi connectivity index (χ1) is 8.24. The number of hydrogen-bond donors (Lipinski definition) is 1. The Morgan fingerprint density at radius 1 is 1.33 bits per heavy atom. The predicted octanol–water partition coefficient (Wildman–Crippen LogP) is 4.94. The molecule has 102 valence electrons. The van der Waals surface area contributed by atoms with E-state index in [-0.39, 0.29) is 10.8 Å². The highest BCUT2D eigenvalue weighted by atomic mass is 79.9. The molecule has 1 saturated carbocycles. The smallest absolute Gasteiger partial charge is 0.0726 e. The van der Waals surface area contributed by atoms with Gasteiger partial charge in [-0.2, -0.15) is 0 Å². The molecule has 3 atom stereocenters. The molecule has 1 fully saturated rings. The van der Waals surface area contributed by atoms with Crippen molar-refractivity contribution in [3.8, 4) is 0 Å². The van der Waals surface area contributed by atoms with Crippen molar-refractivity contribution in [1.82, 2.24) is 0 Å². The summed E-state index contributed by atoms with van der Waals surface area (Å²) in [5.74, 6) is 0. The van der Waals surface area contributed by atoms with Gasteiger partial charge in [-0.3, -0.25) is 0 Å². The molecule has 3 heteroatoms. The van der Waals surface area contributed by atoms with Gasteiger partial charge in [0.15, 0.2) is 0 Å². The highest BCUT2D eigenvalue weighted by Gasteiger charge is 2.58. The van der Waals surface area contributed by atoms with Gasteiger partial charge >= 0.3 is 0 Å². The van der Waals surface area contributed by atoms with Crippen LogP contribution in [0, 0.1) is 10.8 Å². The minimum atomic E-state index is -0.642. The van der Waals surface area contributed by atoms with E-state index in [0.29, 0.717) is 4.83 Å². The molecule has 0 aromatic carbocycles. The van der Waals surface area contributed by atoms with Crippen LogP contribution in [0.1, 0.15) is 46.5 Å². The first-order valence-corrected chi connectivity index (χ1v) is 8.42. The van der Waals surface area contributed by atoms with Crippen LogP contribution < -0.4 is 0 Å². The maximum absolute atomic E-state index is 11.0. The topological polar surface area (TPSA) is 20.2 Å². The minimum absolute atomic E-state index is 0.107. The fraction of sp³-hybridized carbons (Fsp3) is 0.733. The summed E-state index contributed by atoms with van der Waals surface area (Å²) >= 11 is 7.12. The molecule has 2 aliphatic carbocycles. The lowest BCUT2D eigenvalue weighted by molar-refractivity contribution is -0.140. The summed E-state index contributed by atoms with van der Waals surface area (Å²) in [6, 6.07) is 0. The van der Waals surface area contributed by atoms with E-state index in [4.69, 9.17) is 0 Å². The van der Waals surface area contributed by atoms with Crippen molar-refractivity contribution in [2.24, 2.45) is 10.8 Å². The van der Waals surface area contributed by atoms with E-state index in [2.05, 4.69) is 57.9 Å². The molecule has 0 bridgehead atoms. The maximum atomic E-state index is 11.0. The standard InChI is InChI=1S/C15H22Br2O/c1-13(2)8-12(17)9-14(3,18)15(13)6-4-11(10-16)5-7-15/h4,6,10,12,18H,5,7-9H2,1-3H3/b11-10-/t12-,14?,15-/m1/s1. The lowest BCUT2D eigenvalue weighted by atomic mass is 9.48. The van der Waals surface area contributed by atoms with Crippen molar-refractivity contribution in [3.63, 3.8) is 0 Å². The van der Waals surface area contributed by atoms with E-state index in [1.165, 1.54) is 5.57 Å². The van der Waals surface area contributed by atoms with Crippen LogP contribution in [0.2, 0.25) is 0 Å². The molecule has 0 radical (unpaired) electrons. The Hall–Kier alpha value is 0.400. The van der Waals surface area contributed by atoms with Crippen molar-refractivity contribution in [1.29, 1.82) is 0 Å². The molecule has 1 nitrogen and oxygen atoms in total. The third-order valence-corrected chi connectivity index (χ3v) is 6.29. The molecule has 0 aromatic rings. The number of alkyl halides is 1. The highest BCUT2D eigenvalue weighted by molar-refractivity contribution is 9.11. The van der Waals surface area contributed by atoms with Crippen LogP contribution in [-0.4, -0.2) is 15.5 Å². The van der Waals surface area contributed by atoms with Gasteiger partial charge < -0.3 is 5.11 Å². The average Bonchev–Trinajstić information content (AvgIpc) is 2.25. The normalized spacial score (nSPS) is 45.7. The molecule has 2 rings (SSSR count). The largest absolute Gasteiger partial charge is 0.389 e. The van der Waals surface area contributed by atoms with E-state index < -0.39 is 5.60 Å². The van der Waals surface area contributed by atoms with Gasteiger partial charge in [-0.05, 0) is 48.6 Å². The molecular formula is C15H22Br2O. The SMILES string of the molecule is CC1(C)C[C@@H](Br)CC(C)(O)[C@@]12C=C/C(=C/Br)CC2. The molecule has 1 unspecified atom stereocenters. The summed E-state index contributed by atoms with van der Waals surface area (Å²) in [5.41, 5.74) is 0.673. The second kappa shape index (κ2) is 4.75. The van der Waals surface area contributed by atoms with Crippen LogP contribution in [0.3, 0.4) is 0 Å². The van der Waals surface area contributed by atoms with Crippen LogP contribution >= 0.6 is 31.9 Å². The molecule has 0 aliphatic heterocycles. The number of aliphatic hydroxyl groups is 1. The van der Waals surface area contributed by atoms with Gasteiger partial charge in [-0.15, -0.1) is 0 Å². The lowest BCUT2D eigenvalue weighted by Crippen LogP contribution is -2.59. The Bertz CT molecular complexity index is 375. The lowest BCUT2D eigenvalue weighted by Gasteiger charge is -2.59. The third-order valence-electron chi connectivity index (χ3n) is 5.05. The summed E-state index contributed by atoms with van der Waals surface area (Å²) in [6.07, 6.45) is 8.45. The van der Waals surface area contributed by atoms with E-state index in [1.54, 1.807) is 0 Å². The molecule has 0 aromatic heterocycles. The maximum Gasteiger partial charge on any atom is 0.0726 e. The van der Waals surface area contributed by atoms with Crippen molar-refractivity contribution in [3.05, 3.63) is 22.7 Å². The van der Waals surface area contributed by atoms with Crippen LogP contribution in [0.25, 0.3) is 0 Å². The zero-order valence-corrected chi connectivity index (χ0v) is 14.5. The summed E-state index contributed by atoms with van der Waals surface area (Å²) in [5, 5.41) is 11.0. The van der Waals surface area contributed by atoms with E-state index in [0.717, 1.165) is 25.7 Å². The van der Waals surface area contributed by atoms with Crippen molar-refractivity contribution >= 4 is 31.9 Å². The van der Waals surface area contributed by atoms with Crippen molar-refractivity contribution in [2.75, 3.05) is 0 Å². The quantitative estimate of drug-likeness (QED) is 0.593. The molecule has 2 aliphatic rings. The van der Waals surface area contributed by atoms with Gasteiger partial charge in [0, 0.05) is 10.2 Å². The second-order valence-corrected chi connectivity index (χ2v) is 8.40. The first-order valence-electron chi connectivity index (χ1n) is 6.59. The zero-order valence-electron chi connectivity index (χ0n) is 11.3. The number of halogens is 2. The van der Waals surface area contributed by atoms with Crippen LogP contribution in [-0.2, 0) is 0 Å². The molecular weight excluding hydrogens is 356 g/mol. The van der Waals surface area contributed by atoms with Crippen LogP contribution in [0.15, 0.2) is 22.7 Å². The van der Waals surface area contributed by atoms with Crippen LogP contribution in [0.5, 0.6) is 0 Å². The molecule has 18 heavy (non-hydrogen) atoms. The van der Waals surface area contributed by atoms with Gasteiger partial charge in [-0.25, -0.2) is 0 Å². The third kappa shape index (κ3) is 2.16. The van der Waals surface area contributed by atoms with Crippen molar-refractivity contribution < 1.29 is 5.11 Å². The average molecular weight is 378 g/mol. The number of hydrogen-bond acceptors (Lipinski definition) is 1. The fourth-order valence-electron chi connectivity index (χ4n) is 4.01. The fourth-order valence-corrected chi connectivity index (χ4v) is 5.83. The summed E-state index contributed by atoms with van der Waals surface area (Å²) < 4.78 is 0. The molecule has 0 heterocycles. The highest BCUT2D eigenvalue weighted by Crippen LogP contribution is 2.61. The van der Waals surface area contributed by atoms with Gasteiger partial charge in [0.25, 0.3) is 0 Å². The van der Waals surface area contributed by atoms with Gasteiger partial charge in [0.05, 0.1) is 5.60 Å². The molecule has 0 saturated heterocycles. The van der Waals surface area contributed by atoms with E-state index >= 15 is 0 Å². The molecule has 1 N–H and O–H groups in total. The first kappa shape index (κ1) is 14.8.